The Morgan fingerprint density at radius 3 is 2.45 bits per heavy atom. The molecule has 1 saturated carbocycles. The SMILES string of the molecule is C=CCC1(S(=O)(=O)n2ccc3c(C(=O)CCc4c(C)cc(C)[nH]c4=O)cc(-c4ccc(N5CCN(C)CC5)nc4)cc32)CC1. The molecule has 230 valence electrons. The number of carbonyl (C=O) groups excluding carboxylic acids is 1. The molecule has 0 amide bonds. The molecule has 1 aromatic carbocycles. The number of anilines is 1. The number of aromatic nitrogens is 3. The molecule has 0 radical (unpaired) electrons. The lowest BCUT2D eigenvalue weighted by Crippen LogP contribution is -2.44. The van der Waals surface area contributed by atoms with Gasteiger partial charge in [-0.1, -0.05) is 6.08 Å². The van der Waals surface area contributed by atoms with E-state index in [9.17, 15) is 18.0 Å². The van der Waals surface area contributed by atoms with Crippen LogP contribution >= 0.6 is 0 Å². The number of allylic oxidation sites excluding steroid dienone is 1. The Labute approximate surface area is 258 Å². The fourth-order valence-electron chi connectivity index (χ4n) is 6.35. The zero-order chi connectivity index (χ0) is 31.2. The first-order valence-electron chi connectivity index (χ1n) is 15.2. The average Bonchev–Trinajstić information content (AvgIpc) is 3.66. The number of fused-ring (bicyclic) bond motifs is 1. The van der Waals surface area contributed by atoms with Crippen LogP contribution in [0.1, 0.15) is 52.9 Å². The van der Waals surface area contributed by atoms with Gasteiger partial charge < -0.3 is 14.8 Å². The second-order valence-corrected chi connectivity index (χ2v) is 14.5. The lowest BCUT2D eigenvalue weighted by Gasteiger charge is -2.33. The second-order valence-electron chi connectivity index (χ2n) is 12.3. The maximum Gasteiger partial charge on any atom is 0.251 e. The summed E-state index contributed by atoms with van der Waals surface area (Å²) in [6, 6.07) is 11.3. The number of Topliss-reactive ketones (excluding diaryl/α,β-unsaturated/α-hetero) is 1. The molecular weight excluding hydrogens is 574 g/mol. The monoisotopic (exact) mass is 613 g/mol. The lowest BCUT2D eigenvalue weighted by molar-refractivity contribution is 0.0984. The fourth-order valence-corrected chi connectivity index (χ4v) is 8.34. The quantitative estimate of drug-likeness (QED) is 0.201. The minimum absolute atomic E-state index is 0.116. The zero-order valence-corrected chi connectivity index (χ0v) is 26.4. The normalized spacial score (nSPS) is 16.8. The van der Waals surface area contributed by atoms with Gasteiger partial charge in [0.25, 0.3) is 5.56 Å². The maximum atomic E-state index is 13.9. The van der Waals surface area contributed by atoms with Crippen molar-refractivity contribution in [3.63, 3.8) is 0 Å². The number of rotatable bonds is 10. The van der Waals surface area contributed by atoms with Gasteiger partial charge in [-0.05, 0) is 94.1 Å². The van der Waals surface area contributed by atoms with E-state index in [1.807, 2.05) is 44.2 Å². The fraction of sp³-hybridized carbons (Fsp3) is 0.382. The summed E-state index contributed by atoms with van der Waals surface area (Å²) in [4.78, 5) is 38.6. The molecule has 0 unspecified atom stereocenters. The number of hydrogen-bond acceptors (Lipinski definition) is 7. The van der Waals surface area contributed by atoms with Crippen LogP contribution in [0.2, 0.25) is 0 Å². The Balaban J connectivity index is 1.40. The lowest BCUT2D eigenvalue weighted by atomic mass is 9.95. The molecular formula is C34H39N5O4S. The Morgan fingerprint density at radius 2 is 1.82 bits per heavy atom. The van der Waals surface area contributed by atoms with Crippen molar-refractivity contribution in [1.29, 1.82) is 0 Å². The molecule has 1 aliphatic carbocycles. The van der Waals surface area contributed by atoms with Crippen molar-refractivity contribution in [3.8, 4) is 11.1 Å². The van der Waals surface area contributed by atoms with Crippen molar-refractivity contribution >= 4 is 32.5 Å². The highest BCUT2D eigenvalue weighted by molar-refractivity contribution is 7.91. The van der Waals surface area contributed by atoms with E-state index in [1.54, 1.807) is 24.5 Å². The van der Waals surface area contributed by atoms with Gasteiger partial charge in [0.2, 0.25) is 10.0 Å². The van der Waals surface area contributed by atoms with E-state index in [0.717, 1.165) is 48.8 Å². The molecule has 0 spiro atoms. The Morgan fingerprint density at radius 1 is 1.07 bits per heavy atom. The van der Waals surface area contributed by atoms with Gasteiger partial charge in [0.05, 0.1) is 10.3 Å². The van der Waals surface area contributed by atoms with Crippen molar-refractivity contribution in [2.75, 3.05) is 38.1 Å². The van der Waals surface area contributed by atoms with Crippen LogP contribution in [0.5, 0.6) is 0 Å². The van der Waals surface area contributed by atoms with Crippen molar-refractivity contribution in [1.82, 2.24) is 18.8 Å². The number of carbonyl (C=O) groups is 1. The predicted molar refractivity (Wildman–Crippen MR) is 175 cm³/mol. The first-order chi connectivity index (χ1) is 21.0. The van der Waals surface area contributed by atoms with Crippen LogP contribution in [-0.2, 0) is 16.4 Å². The molecule has 4 aromatic rings. The smallest absolute Gasteiger partial charge is 0.251 e. The van der Waals surface area contributed by atoms with Gasteiger partial charge in [-0.3, -0.25) is 9.59 Å². The number of nitrogens with one attached hydrogen (secondary N) is 1. The summed E-state index contributed by atoms with van der Waals surface area (Å²) in [6.07, 6.45) is 6.96. The molecule has 2 fully saturated rings. The molecule has 1 aliphatic heterocycles. The van der Waals surface area contributed by atoms with E-state index in [2.05, 4.69) is 28.4 Å². The first-order valence-corrected chi connectivity index (χ1v) is 16.6. The summed E-state index contributed by atoms with van der Waals surface area (Å²) in [5.74, 6) is 0.740. The topological polar surface area (TPSA) is 108 Å². The van der Waals surface area contributed by atoms with E-state index in [0.29, 0.717) is 46.9 Å². The number of piperazine rings is 1. The van der Waals surface area contributed by atoms with E-state index in [-0.39, 0.29) is 24.2 Å². The molecule has 2 aliphatic rings. The van der Waals surface area contributed by atoms with Gasteiger partial charge >= 0.3 is 0 Å². The van der Waals surface area contributed by atoms with Gasteiger partial charge in [0.15, 0.2) is 5.78 Å². The average molecular weight is 614 g/mol. The van der Waals surface area contributed by atoms with Gasteiger partial charge in [0, 0.05) is 72.8 Å². The number of nitrogens with zero attached hydrogens (tertiary/aromatic N) is 4. The molecule has 44 heavy (non-hydrogen) atoms. The van der Waals surface area contributed by atoms with Crippen molar-refractivity contribution in [2.24, 2.45) is 0 Å². The predicted octanol–water partition coefficient (Wildman–Crippen LogP) is 4.86. The van der Waals surface area contributed by atoms with Crippen LogP contribution in [-0.4, -0.2) is 71.0 Å². The van der Waals surface area contributed by atoms with Gasteiger partial charge in [-0.15, -0.1) is 6.58 Å². The molecule has 6 rings (SSSR count). The maximum absolute atomic E-state index is 13.9. The van der Waals surface area contributed by atoms with Crippen molar-refractivity contribution in [2.45, 2.75) is 50.7 Å². The van der Waals surface area contributed by atoms with Crippen LogP contribution in [0.4, 0.5) is 5.82 Å². The van der Waals surface area contributed by atoms with E-state index >= 15 is 0 Å². The number of likely N-dealkylation sites (N-methyl/N-ethyl adjacent to an activating group) is 1. The van der Waals surface area contributed by atoms with Gasteiger partial charge in [-0.2, -0.15) is 0 Å². The molecule has 0 atom stereocenters. The zero-order valence-electron chi connectivity index (χ0n) is 25.6. The number of aromatic amines is 1. The van der Waals surface area contributed by atoms with Crippen LogP contribution in [0.3, 0.4) is 0 Å². The Hall–Kier alpha value is -4.02. The number of ketones is 1. The molecule has 1 N–H and O–H groups in total. The molecule has 10 heteroatoms. The summed E-state index contributed by atoms with van der Waals surface area (Å²) in [5.41, 5.74) is 4.43. The molecule has 4 heterocycles. The highest BCUT2D eigenvalue weighted by Crippen LogP contribution is 2.48. The summed E-state index contributed by atoms with van der Waals surface area (Å²) in [6.45, 7) is 11.2. The van der Waals surface area contributed by atoms with Crippen molar-refractivity contribution in [3.05, 3.63) is 94.2 Å². The molecule has 1 saturated heterocycles. The highest BCUT2D eigenvalue weighted by atomic mass is 32.2. The number of H-pyrrole nitrogens is 1. The molecule has 3 aromatic heterocycles. The first kappa shape index (κ1) is 30.0. The third-order valence-corrected chi connectivity index (χ3v) is 11.7. The standard InChI is InChI=1S/C34H39N5O4S/c1-5-11-34(12-13-34)44(42,43)39-14-10-28-29(31(40)8-7-27-23(2)19-24(3)36-33(27)41)20-26(21-30(28)39)25-6-9-32(35-22-25)38-17-15-37(4)16-18-38/h5-6,9-10,14,19-22H,1,7-8,11-13,15-18H2,2-4H3,(H,36,41). The highest BCUT2D eigenvalue weighted by Gasteiger charge is 2.54. The summed E-state index contributed by atoms with van der Waals surface area (Å²) in [5, 5.41) is 0.577. The number of benzene rings is 1. The number of pyridine rings is 2. The number of aryl methyl sites for hydroxylation is 2. The van der Waals surface area contributed by atoms with E-state index in [1.165, 1.54) is 3.97 Å². The Bertz CT molecular complexity index is 1910. The third kappa shape index (κ3) is 5.41. The third-order valence-electron chi connectivity index (χ3n) is 9.21. The second kappa shape index (κ2) is 11.5. The summed E-state index contributed by atoms with van der Waals surface area (Å²) in [7, 11) is -1.64. The minimum Gasteiger partial charge on any atom is -0.354 e. The van der Waals surface area contributed by atoms with Gasteiger partial charge in [0.1, 0.15) is 5.82 Å². The van der Waals surface area contributed by atoms with Crippen molar-refractivity contribution < 1.29 is 13.2 Å². The Kier molecular flexibility index (Phi) is 7.83. The molecule has 0 bridgehead atoms. The summed E-state index contributed by atoms with van der Waals surface area (Å²) >= 11 is 0. The van der Waals surface area contributed by atoms with Gasteiger partial charge in [-0.25, -0.2) is 17.4 Å². The largest absolute Gasteiger partial charge is 0.354 e. The van der Waals surface area contributed by atoms with E-state index < -0.39 is 14.8 Å². The number of hydrogen-bond donors (Lipinski definition) is 1. The van der Waals surface area contributed by atoms with Crippen LogP contribution in [0.25, 0.3) is 22.0 Å². The molecule has 9 nitrogen and oxygen atoms in total. The van der Waals surface area contributed by atoms with Crippen LogP contribution < -0.4 is 10.5 Å². The summed E-state index contributed by atoms with van der Waals surface area (Å²) < 4.78 is 28.4. The minimum atomic E-state index is -3.75. The van der Waals surface area contributed by atoms with E-state index in [4.69, 9.17) is 4.98 Å². The van der Waals surface area contributed by atoms with Crippen LogP contribution in [0.15, 0.2) is 66.2 Å². The van der Waals surface area contributed by atoms with Crippen LogP contribution in [0, 0.1) is 13.8 Å².